The molecule has 0 fully saturated rings. The standard InChI is InChI=1S/C29H26ClNO4/c1-3-4-17-35-29(33)22-9-13-25(14-10-22)31-27(21-7-11-24(30)12-8-21)19-23(28(31)32)18-20-5-15-26(34-2)16-6-20/h5-16,18-19H,3-4,17H2,1-2H3/b23-18-. The van der Waals surface area contributed by atoms with Crippen LogP contribution in [0.5, 0.6) is 5.75 Å². The normalized spacial score (nSPS) is 14.3. The molecule has 0 saturated carbocycles. The molecule has 1 amide bonds. The van der Waals surface area contributed by atoms with Crippen LogP contribution in [0, 0.1) is 0 Å². The number of halogens is 1. The Morgan fingerprint density at radius 1 is 0.971 bits per heavy atom. The van der Waals surface area contributed by atoms with Crippen LogP contribution in [0.1, 0.15) is 41.3 Å². The number of methoxy groups -OCH3 is 1. The summed E-state index contributed by atoms with van der Waals surface area (Å²) in [5.74, 6) is 0.215. The van der Waals surface area contributed by atoms with Gasteiger partial charge in [-0.25, -0.2) is 4.79 Å². The van der Waals surface area contributed by atoms with Crippen molar-refractivity contribution in [1.29, 1.82) is 0 Å². The molecule has 4 rings (SSSR count). The zero-order valence-corrected chi connectivity index (χ0v) is 20.4. The number of ether oxygens (including phenoxy) is 2. The molecule has 0 bridgehead atoms. The Morgan fingerprint density at radius 3 is 2.29 bits per heavy atom. The third-order valence-corrected chi connectivity index (χ3v) is 5.91. The molecule has 35 heavy (non-hydrogen) atoms. The van der Waals surface area contributed by atoms with Gasteiger partial charge >= 0.3 is 5.97 Å². The van der Waals surface area contributed by atoms with Gasteiger partial charge in [-0.3, -0.25) is 9.69 Å². The van der Waals surface area contributed by atoms with Gasteiger partial charge in [0.25, 0.3) is 5.91 Å². The Labute approximate surface area is 210 Å². The molecule has 0 N–H and O–H groups in total. The smallest absolute Gasteiger partial charge is 0.338 e. The molecule has 0 radical (unpaired) electrons. The van der Waals surface area contributed by atoms with Gasteiger partial charge < -0.3 is 9.47 Å². The monoisotopic (exact) mass is 487 g/mol. The van der Waals surface area contributed by atoms with Crippen LogP contribution in [-0.4, -0.2) is 25.6 Å². The molecule has 1 aliphatic heterocycles. The maximum Gasteiger partial charge on any atom is 0.338 e. The van der Waals surface area contributed by atoms with Crippen molar-refractivity contribution in [2.45, 2.75) is 19.8 Å². The van der Waals surface area contributed by atoms with E-state index in [0.29, 0.717) is 28.5 Å². The summed E-state index contributed by atoms with van der Waals surface area (Å²) in [5.41, 5.74) is 4.10. The van der Waals surface area contributed by atoms with Gasteiger partial charge in [-0.05, 0) is 78.2 Å². The highest BCUT2D eigenvalue weighted by Crippen LogP contribution is 2.36. The van der Waals surface area contributed by atoms with Gasteiger partial charge in [-0.1, -0.05) is 49.2 Å². The predicted octanol–water partition coefficient (Wildman–Crippen LogP) is 6.78. The van der Waals surface area contributed by atoms with Crippen LogP contribution in [0.15, 0.2) is 84.4 Å². The summed E-state index contributed by atoms with van der Waals surface area (Å²) in [6.07, 6.45) is 5.49. The maximum atomic E-state index is 13.5. The van der Waals surface area contributed by atoms with Crippen LogP contribution in [-0.2, 0) is 9.53 Å². The fraction of sp³-hybridized carbons (Fsp3) is 0.172. The van der Waals surface area contributed by atoms with Crippen LogP contribution in [0.4, 0.5) is 5.69 Å². The van der Waals surface area contributed by atoms with Crippen molar-refractivity contribution in [3.8, 4) is 5.75 Å². The molecule has 3 aromatic carbocycles. The summed E-state index contributed by atoms with van der Waals surface area (Å²) in [4.78, 5) is 27.5. The molecular formula is C29H26ClNO4. The van der Waals surface area contributed by atoms with E-state index in [2.05, 4.69) is 0 Å². The highest BCUT2D eigenvalue weighted by atomic mass is 35.5. The summed E-state index contributed by atoms with van der Waals surface area (Å²) in [5, 5.41) is 0.616. The first-order valence-corrected chi connectivity index (χ1v) is 11.8. The van der Waals surface area contributed by atoms with Crippen LogP contribution >= 0.6 is 11.6 Å². The minimum Gasteiger partial charge on any atom is -0.497 e. The SMILES string of the molecule is CCCCOC(=O)c1ccc(N2C(=O)/C(=C\c3ccc(OC)cc3)C=C2c2ccc(Cl)cc2)cc1. The van der Waals surface area contributed by atoms with Crippen molar-refractivity contribution < 1.29 is 19.1 Å². The number of benzene rings is 3. The number of unbranched alkanes of at least 4 members (excludes halogenated alkanes) is 1. The lowest BCUT2D eigenvalue weighted by atomic mass is 10.1. The molecule has 0 unspecified atom stereocenters. The lowest BCUT2D eigenvalue weighted by molar-refractivity contribution is -0.113. The Hall–Kier alpha value is -3.83. The van der Waals surface area contributed by atoms with E-state index >= 15 is 0 Å². The van der Waals surface area contributed by atoms with Crippen molar-refractivity contribution >= 4 is 40.9 Å². The van der Waals surface area contributed by atoms with Gasteiger partial charge in [0.2, 0.25) is 0 Å². The maximum absolute atomic E-state index is 13.5. The number of carbonyl (C=O) groups is 2. The Bertz CT molecular complexity index is 1260. The Balaban J connectivity index is 1.67. The van der Waals surface area contributed by atoms with Crippen molar-refractivity contribution in [2.24, 2.45) is 0 Å². The lowest BCUT2D eigenvalue weighted by Crippen LogP contribution is -2.25. The van der Waals surface area contributed by atoms with Crippen molar-refractivity contribution in [3.63, 3.8) is 0 Å². The number of rotatable bonds is 8. The zero-order valence-electron chi connectivity index (χ0n) is 19.7. The largest absolute Gasteiger partial charge is 0.497 e. The van der Waals surface area contributed by atoms with Gasteiger partial charge in [0.1, 0.15) is 5.75 Å². The highest BCUT2D eigenvalue weighted by Gasteiger charge is 2.30. The van der Waals surface area contributed by atoms with Crippen LogP contribution in [0.25, 0.3) is 11.8 Å². The number of amides is 1. The molecule has 0 spiro atoms. The molecule has 178 valence electrons. The van der Waals surface area contributed by atoms with Crippen molar-refractivity contribution in [2.75, 3.05) is 18.6 Å². The summed E-state index contributed by atoms with van der Waals surface area (Å²) in [6.45, 7) is 2.43. The second kappa shape index (κ2) is 11.1. The third kappa shape index (κ3) is 5.64. The quantitative estimate of drug-likeness (QED) is 0.200. The van der Waals surface area contributed by atoms with E-state index in [-0.39, 0.29) is 11.9 Å². The summed E-state index contributed by atoms with van der Waals surface area (Å²) in [6, 6.07) is 21.7. The third-order valence-electron chi connectivity index (χ3n) is 5.65. The van der Waals surface area contributed by atoms with Gasteiger partial charge in [0.05, 0.1) is 25.0 Å². The van der Waals surface area contributed by atoms with Crippen LogP contribution < -0.4 is 9.64 Å². The van der Waals surface area contributed by atoms with Crippen molar-refractivity contribution in [1.82, 2.24) is 0 Å². The topological polar surface area (TPSA) is 55.8 Å². The van der Waals surface area contributed by atoms with E-state index in [1.54, 1.807) is 48.4 Å². The lowest BCUT2D eigenvalue weighted by Gasteiger charge is -2.21. The molecule has 0 aromatic heterocycles. The highest BCUT2D eigenvalue weighted by molar-refractivity contribution is 6.30. The van der Waals surface area contributed by atoms with E-state index in [4.69, 9.17) is 21.1 Å². The number of anilines is 1. The minimum absolute atomic E-state index is 0.163. The molecule has 0 saturated heterocycles. The van der Waals surface area contributed by atoms with Gasteiger partial charge in [-0.2, -0.15) is 0 Å². The van der Waals surface area contributed by atoms with Crippen molar-refractivity contribution in [3.05, 3.63) is 106 Å². The second-order valence-corrected chi connectivity index (χ2v) is 8.52. The number of carbonyl (C=O) groups excluding carboxylic acids is 2. The number of esters is 1. The first-order chi connectivity index (χ1) is 17.0. The molecule has 1 heterocycles. The number of hydrogen-bond donors (Lipinski definition) is 0. The summed E-state index contributed by atoms with van der Waals surface area (Å²) < 4.78 is 10.5. The summed E-state index contributed by atoms with van der Waals surface area (Å²) >= 11 is 6.09. The van der Waals surface area contributed by atoms with E-state index in [0.717, 1.165) is 35.4 Å². The molecule has 0 atom stereocenters. The fourth-order valence-electron chi connectivity index (χ4n) is 3.72. The van der Waals surface area contributed by atoms with Gasteiger partial charge in [0, 0.05) is 16.3 Å². The average molecular weight is 488 g/mol. The zero-order chi connectivity index (χ0) is 24.8. The van der Waals surface area contributed by atoms with Gasteiger partial charge in [-0.15, -0.1) is 0 Å². The minimum atomic E-state index is -0.369. The molecule has 3 aromatic rings. The summed E-state index contributed by atoms with van der Waals surface area (Å²) in [7, 11) is 1.61. The van der Waals surface area contributed by atoms with Crippen LogP contribution in [0.2, 0.25) is 5.02 Å². The number of nitrogens with zero attached hydrogens (tertiary/aromatic N) is 1. The molecular weight excluding hydrogens is 462 g/mol. The molecule has 5 nitrogen and oxygen atoms in total. The second-order valence-electron chi connectivity index (χ2n) is 8.09. The first-order valence-electron chi connectivity index (χ1n) is 11.4. The van der Waals surface area contributed by atoms with E-state index in [1.807, 2.05) is 55.5 Å². The Kier molecular flexibility index (Phi) is 7.68. The number of hydrogen-bond acceptors (Lipinski definition) is 4. The molecule has 0 aliphatic carbocycles. The van der Waals surface area contributed by atoms with Gasteiger partial charge in [0.15, 0.2) is 0 Å². The average Bonchev–Trinajstić information content (AvgIpc) is 3.20. The van der Waals surface area contributed by atoms with Crippen LogP contribution in [0.3, 0.4) is 0 Å². The Morgan fingerprint density at radius 2 is 1.66 bits per heavy atom. The first kappa shape index (κ1) is 24.3. The van der Waals surface area contributed by atoms with E-state index in [1.165, 1.54) is 0 Å². The van der Waals surface area contributed by atoms with E-state index < -0.39 is 0 Å². The molecule has 6 heteroatoms. The fourth-order valence-corrected chi connectivity index (χ4v) is 3.85. The molecule has 1 aliphatic rings. The van der Waals surface area contributed by atoms with E-state index in [9.17, 15) is 9.59 Å². The predicted molar refractivity (Wildman–Crippen MR) is 140 cm³/mol.